The first-order valence-electron chi connectivity index (χ1n) is 5.97. The number of rotatable bonds is 1. The van der Waals surface area contributed by atoms with Crippen LogP contribution >= 0.6 is 0 Å². The van der Waals surface area contributed by atoms with Gasteiger partial charge in [0.2, 0.25) is 0 Å². The smallest absolute Gasteiger partial charge is 0.411 e. The third-order valence-electron chi connectivity index (χ3n) is 3.02. The van der Waals surface area contributed by atoms with Gasteiger partial charge in [0, 0.05) is 6.42 Å². The highest BCUT2D eigenvalue weighted by atomic mass is 19.3. The van der Waals surface area contributed by atoms with Crippen LogP contribution in [0.5, 0.6) is 0 Å². The standard InChI is InChI=1S/C12H19F2NO4/c1-10(2,3)19-9(18)15-7-12(13,14)6-5-11(15,4)8(16)17/h5-7H2,1-4H3,(H,16,17)/p-1. The molecule has 0 aromatic rings. The average molecular weight is 278 g/mol. The number of amides is 1. The van der Waals surface area contributed by atoms with Crippen molar-refractivity contribution in [2.24, 2.45) is 0 Å². The quantitative estimate of drug-likeness (QED) is 0.721. The number of likely N-dealkylation sites (tertiary alicyclic amines) is 1. The fourth-order valence-electron chi connectivity index (χ4n) is 1.84. The van der Waals surface area contributed by atoms with Crippen molar-refractivity contribution in [2.75, 3.05) is 6.54 Å². The van der Waals surface area contributed by atoms with E-state index in [0.717, 1.165) is 0 Å². The Morgan fingerprint density at radius 1 is 1.26 bits per heavy atom. The molecule has 0 spiro atoms. The largest absolute Gasteiger partial charge is 0.548 e. The Kier molecular flexibility index (Phi) is 3.80. The molecule has 0 radical (unpaired) electrons. The van der Waals surface area contributed by atoms with Crippen molar-refractivity contribution in [3.63, 3.8) is 0 Å². The number of carboxylic acid groups (broad SMARTS) is 1. The number of hydrogen-bond donors (Lipinski definition) is 0. The van der Waals surface area contributed by atoms with E-state index in [1.54, 1.807) is 20.8 Å². The Morgan fingerprint density at radius 3 is 2.21 bits per heavy atom. The van der Waals surface area contributed by atoms with E-state index in [4.69, 9.17) is 4.74 Å². The van der Waals surface area contributed by atoms with E-state index in [9.17, 15) is 23.5 Å². The molecule has 0 aliphatic carbocycles. The summed E-state index contributed by atoms with van der Waals surface area (Å²) < 4.78 is 31.8. The summed E-state index contributed by atoms with van der Waals surface area (Å²) in [7, 11) is 0. The molecule has 1 fully saturated rings. The monoisotopic (exact) mass is 278 g/mol. The van der Waals surface area contributed by atoms with E-state index >= 15 is 0 Å². The van der Waals surface area contributed by atoms with Crippen molar-refractivity contribution in [1.82, 2.24) is 4.90 Å². The average Bonchev–Trinajstić information content (AvgIpc) is 2.19. The van der Waals surface area contributed by atoms with Gasteiger partial charge in [0.1, 0.15) is 5.60 Å². The number of piperidine rings is 1. The maximum atomic E-state index is 13.4. The van der Waals surface area contributed by atoms with Crippen molar-refractivity contribution >= 4 is 12.1 Å². The number of carbonyl (C=O) groups excluding carboxylic acids is 2. The second-order valence-corrected chi connectivity index (χ2v) is 5.98. The Balaban J connectivity index is 3.02. The van der Waals surface area contributed by atoms with Gasteiger partial charge in [0.25, 0.3) is 5.92 Å². The van der Waals surface area contributed by atoms with E-state index in [1.807, 2.05) is 0 Å². The van der Waals surface area contributed by atoms with Gasteiger partial charge in [-0.3, -0.25) is 4.90 Å². The first-order valence-corrected chi connectivity index (χ1v) is 5.97. The topological polar surface area (TPSA) is 69.7 Å². The van der Waals surface area contributed by atoms with Crippen molar-refractivity contribution in [1.29, 1.82) is 0 Å². The highest BCUT2D eigenvalue weighted by molar-refractivity contribution is 5.83. The summed E-state index contributed by atoms with van der Waals surface area (Å²) in [6, 6.07) is 0. The molecule has 19 heavy (non-hydrogen) atoms. The van der Waals surface area contributed by atoms with Gasteiger partial charge < -0.3 is 14.6 Å². The molecule has 0 aromatic carbocycles. The molecule has 110 valence electrons. The molecule has 1 amide bonds. The summed E-state index contributed by atoms with van der Waals surface area (Å²) in [5.74, 6) is -4.68. The SMILES string of the molecule is CC(C)(C)OC(=O)N1CC(F)(F)CCC1(C)C(=O)[O-]. The molecular formula is C12H18F2NO4-. The van der Waals surface area contributed by atoms with Gasteiger partial charge in [-0.05, 0) is 34.1 Å². The van der Waals surface area contributed by atoms with Gasteiger partial charge in [-0.1, -0.05) is 0 Å². The van der Waals surface area contributed by atoms with Crippen LogP contribution in [-0.4, -0.2) is 40.6 Å². The summed E-state index contributed by atoms with van der Waals surface area (Å²) in [6.07, 6.45) is -2.04. The number of carboxylic acids is 1. The fraction of sp³-hybridized carbons (Fsp3) is 0.833. The highest BCUT2D eigenvalue weighted by Crippen LogP contribution is 2.37. The second-order valence-electron chi connectivity index (χ2n) is 5.98. The zero-order valence-corrected chi connectivity index (χ0v) is 11.5. The lowest BCUT2D eigenvalue weighted by molar-refractivity contribution is -0.321. The highest BCUT2D eigenvalue weighted by Gasteiger charge is 2.50. The number of ether oxygens (including phenoxy) is 1. The molecule has 0 N–H and O–H groups in total. The maximum Gasteiger partial charge on any atom is 0.411 e. The number of nitrogens with zero attached hydrogens (tertiary/aromatic N) is 1. The summed E-state index contributed by atoms with van der Waals surface area (Å²) >= 11 is 0. The van der Waals surface area contributed by atoms with Gasteiger partial charge in [-0.2, -0.15) is 0 Å². The molecule has 1 rings (SSSR count). The maximum absolute atomic E-state index is 13.4. The summed E-state index contributed by atoms with van der Waals surface area (Å²) in [5.41, 5.74) is -2.67. The number of carbonyl (C=O) groups is 2. The van der Waals surface area contributed by atoms with E-state index in [2.05, 4.69) is 0 Å². The van der Waals surface area contributed by atoms with Gasteiger partial charge in [0.15, 0.2) is 0 Å². The minimum atomic E-state index is -3.12. The molecule has 1 saturated heterocycles. The van der Waals surface area contributed by atoms with Crippen molar-refractivity contribution in [3.8, 4) is 0 Å². The van der Waals surface area contributed by atoms with Crippen LogP contribution in [0.2, 0.25) is 0 Å². The van der Waals surface area contributed by atoms with E-state index in [-0.39, 0.29) is 6.42 Å². The predicted molar refractivity (Wildman–Crippen MR) is 60.5 cm³/mol. The molecule has 0 bridgehead atoms. The molecule has 1 heterocycles. The van der Waals surface area contributed by atoms with Crippen LogP contribution in [0.4, 0.5) is 13.6 Å². The zero-order valence-electron chi connectivity index (χ0n) is 11.5. The van der Waals surface area contributed by atoms with Crippen LogP contribution in [0.25, 0.3) is 0 Å². The molecule has 1 aliphatic heterocycles. The number of hydrogen-bond acceptors (Lipinski definition) is 4. The van der Waals surface area contributed by atoms with Crippen LogP contribution in [0.3, 0.4) is 0 Å². The van der Waals surface area contributed by atoms with Gasteiger partial charge in [0.05, 0.1) is 18.1 Å². The first-order chi connectivity index (χ1) is 8.37. The third-order valence-corrected chi connectivity index (χ3v) is 3.02. The molecule has 0 aromatic heterocycles. The summed E-state index contributed by atoms with van der Waals surface area (Å²) in [6.45, 7) is 4.93. The molecule has 1 unspecified atom stereocenters. The Labute approximate surface area is 110 Å². The van der Waals surface area contributed by atoms with Crippen LogP contribution in [0, 0.1) is 0 Å². The van der Waals surface area contributed by atoms with Crippen LogP contribution in [-0.2, 0) is 9.53 Å². The molecule has 1 aliphatic rings. The Morgan fingerprint density at radius 2 is 1.79 bits per heavy atom. The number of halogens is 2. The van der Waals surface area contributed by atoms with Crippen LogP contribution < -0.4 is 5.11 Å². The van der Waals surface area contributed by atoms with E-state index in [1.165, 1.54) is 6.92 Å². The molecule has 1 atom stereocenters. The lowest BCUT2D eigenvalue weighted by Crippen LogP contribution is -2.66. The fourth-order valence-corrected chi connectivity index (χ4v) is 1.84. The predicted octanol–water partition coefficient (Wildman–Crippen LogP) is 1.16. The normalized spacial score (nSPS) is 26.9. The number of alkyl halides is 2. The van der Waals surface area contributed by atoms with Crippen LogP contribution in [0.1, 0.15) is 40.5 Å². The summed E-state index contributed by atoms with van der Waals surface area (Å²) in [4.78, 5) is 23.6. The Hall–Kier alpha value is -1.40. The van der Waals surface area contributed by atoms with Crippen molar-refractivity contribution < 1.29 is 28.2 Å². The zero-order chi connectivity index (χ0) is 15.1. The lowest BCUT2D eigenvalue weighted by Gasteiger charge is -2.47. The molecule has 0 saturated carbocycles. The summed E-state index contributed by atoms with van der Waals surface area (Å²) in [5, 5.41) is 11.2. The molecular weight excluding hydrogens is 260 g/mol. The second kappa shape index (κ2) is 4.61. The van der Waals surface area contributed by atoms with Gasteiger partial charge >= 0.3 is 6.09 Å². The number of aliphatic carboxylic acids is 1. The Bertz CT molecular complexity index is 392. The lowest BCUT2D eigenvalue weighted by atomic mass is 9.87. The van der Waals surface area contributed by atoms with Crippen molar-refractivity contribution in [2.45, 2.75) is 57.6 Å². The molecule has 5 nitrogen and oxygen atoms in total. The van der Waals surface area contributed by atoms with Gasteiger partial charge in [-0.15, -0.1) is 0 Å². The minimum Gasteiger partial charge on any atom is -0.548 e. The molecule has 7 heteroatoms. The first kappa shape index (κ1) is 15.7. The van der Waals surface area contributed by atoms with Crippen LogP contribution in [0.15, 0.2) is 0 Å². The van der Waals surface area contributed by atoms with E-state index < -0.39 is 42.1 Å². The minimum absolute atomic E-state index is 0.373. The van der Waals surface area contributed by atoms with Gasteiger partial charge in [-0.25, -0.2) is 13.6 Å². The van der Waals surface area contributed by atoms with E-state index in [0.29, 0.717) is 4.90 Å². The van der Waals surface area contributed by atoms with Crippen molar-refractivity contribution in [3.05, 3.63) is 0 Å². The third kappa shape index (κ3) is 3.54.